The maximum atomic E-state index is 12.4. The first-order valence-electron chi connectivity index (χ1n) is 6.39. The number of aryl methyl sites for hydroxylation is 1. The maximum Gasteiger partial charge on any atom is 0.263 e. The van der Waals surface area contributed by atoms with Gasteiger partial charge in [-0.1, -0.05) is 19.1 Å². The standard InChI is InChI=1S/C14H18N2O2S2/c1-3-11-4-6-12(7-5-11)16-20(17,18)14-8-9-19-13(14)10-15-2/h4-9,15-16H,3,10H2,1-2H3. The van der Waals surface area contributed by atoms with E-state index in [1.54, 1.807) is 30.6 Å². The van der Waals surface area contributed by atoms with Crippen LogP contribution in [0.1, 0.15) is 17.4 Å². The molecule has 0 saturated heterocycles. The molecule has 1 aromatic carbocycles. The lowest BCUT2D eigenvalue weighted by atomic mass is 10.2. The topological polar surface area (TPSA) is 58.2 Å². The second-order valence-corrected chi connectivity index (χ2v) is 7.05. The Morgan fingerprint density at radius 1 is 1.15 bits per heavy atom. The quantitative estimate of drug-likeness (QED) is 0.862. The van der Waals surface area contributed by atoms with Gasteiger partial charge >= 0.3 is 0 Å². The van der Waals surface area contributed by atoms with Gasteiger partial charge in [-0.05, 0) is 42.6 Å². The minimum Gasteiger partial charge on any atom is -0.315 e. The van der Waals surface area contributed by atoms with Gasteiger partial charge in [0.25, 0.3) is 10.0 Å². The smallest absolute Gasteiger partial charge is 0.263 e. The molecule has 2 rings (SSSR count). The minimum atomic E-state index is -3.52. The second-order valence-electron chi connectivity index (χ2n) is 4.39. The van der Waals surface area contributed by atoms with E-state index in [1.807, 2.05) is 12.1 Å². The van der Waals surface area contributed by atoms with E-state index in [9.17, 15) is 8.42 Å². The molecule has 0 aliphatic carbocycles. The number of hydrogen-bond acceptors (Lipinski definition) is 4. The van der Waals surface area contributed by atoms with Crippen molar-refractivity contribution in [2.24, 2.45) is 0 Å². The molecule has 6 heteroatoms. The zero-order valence-corrected chi connectivity index (χ0v) is 13.1. The number of hydrogen-bond donors (Lipinski definition) is 2. The highest BCUT2D eigenvalue weighted by Crippen LogP contribution is 2.24. The minimum absolute atomic E-state index is 0.344. The zero-order valence-electron chi connectivity index (χ0n) is 11.5. The van der Waals surface area contributed by atoms with E-state index in [1.165, 1.54) is 16.9 Å². The highest BCUT2D eigenvalue weighted by atomic mass is 32.2. The monoisotopic (exact) mass is 310 g/mol. The summed E-state index contributed by atoms with van der Waals surface area (Å²) < 4.78 is 27.4. The van der Waals surface area contributed by atoms with Gasteiger partial charge in [-0.2, -0.15) is 0 Å². The van der Waals surface area contributed by atoms with Gasteiger partial charge in [0.05, 0.1) is 0 Å². The van der Waals surface area contributed by atoms with Crippen LogP contribution >= 0.6 is 11.3 Å². The summed E-state index contributed by atoms with van der Waals surface area (Å²) in [6.07, 6.45) is 0.934. The summed E-state index contributed by atoms with van der Waals surface area (Å²) >= 11 is 1.44. The Kier molecular flexibility index (Phi) is 4.80. The van der Waals surface area contributed by atoms with Crippen molar-refractivity contribution < 1.29 is 8.42 Å². The lowest BCUT2D eigenvalue weighted by Crippen LogP contribution is -2.15. The van der Waals surface area contributed by atoms with Crippen LogP contribution in [0.4, 0.5) is 5.69 Å². The predicted octanol–water partition coefficient (Wildman–Crippen LogP) is 2.83. The molecule has 0 unspecified atom stereocenters. The molecule has 20 heavy (non-hydrogen) atoms. The molecule has 0 amide bonds. The van der Waals surface area contributed by atoms with Gasteiger partial charge in [-0.15, -0.1) is 11.3 Å². The molecule has 0 spiro atoms. The lowest BCUT2D eigenvalue weighted by Gasteiger charge is -2.09. The van der Waals surface area contributed by atoms with Crippen LogP contribution in [-0.4, -0.2) is 15.5 Å². The van der Waals surface area contributed by atoms with Gasteiger partial charge in [0, 0.05) is 17.1 Å². The second kappa shape index (κ2) is 6.39. The Morgan fingerprint density at radius 2 is 1.85 bits per heavy atom. The SMILES string of the molecule is CCc1ccc(NS(=O)(=O)c2ccsc2CNC)cc1. The van der Waals surface area contributed by atoms with Crippen molar-refractivity contribution in [2.75, 3.05) is 11.8 Å². The molecule has 0 radical (unpaired) electrons. The van der Waals surface area contributed by atoms with E-state index in [0.717, 1.165) is 11.3 Å². The summed E-state index contributed by atoms with van der Waals surface area (Å²) in [5.41, 5.74) is 1.77. The molecule has 1 aromatic heterocycles. The Bertz CT molecular complexity index is 661. The van der Waals surface area contributed by atoms with Gasteiger partial charge < -0.3 is 5.32 Å². The van der Waals surface area contributed by atoms with Crippen molar-refractivity contribution in [3.63, 3.8) is 0 Å². The van der Waals surface area contributed by atoms with Crippen LogP contribution in [-0.2, 0) is 23.0 Å². The first kappa shape index (κ1) is 15.0. The number of anilines is 1. The van der Waals surface area contributed by atoms with Crippen molar-refractivity contribution in [3.8, 4) is 0 Å². The Balaban J connectivity index is 2.23. The number of nitrogens with one attached hydrogen (secondary N) is 2. The molecule has 2 N–H and O–H groups in total. The van der Waals surface area contributed by atoms with Crippen molar-refractivity contribution in [1.29, 1.82) is 0 Å². The van der Waals surface area contributed by atoms with Crippen LogP contribution in [0.5, 0.6) is 0 Å². The summed E-state index contributed by atoms with van der Waals surface area (Å²) in [4.78, 5) is 1.15. The molecular weight excluding hydrogens is 292 g/mol. The van der Waals surface area contributed by atoms with E-state index >= 15 is 0 Å². The maximum absolute atomic E-state index is 12.4. The molecule has 1 heterocycles. The van der Waals surface area contributed by atoms with Crippen LogP contribution in [0.2, 0.25) is 0 Å². The number of sulfonamides is 1. The van der Waals surface area contributed by atoms with Crippen molar-refractivity contribution in [2.45, 2.75) is 24.8 Å². The van der Waals surface area contributed by atoms with E-state index in [-0.39, 0.29) is 0 Å². The largest absolute Gasteiger partial charge is 0.315 e. The lowest BCUT2D eigenvalue weighted by molar-refractivity contribution is 0.600. The third-order valence-corrected chi connectivity index (χ3v) is 5.46. The van der Waals surface area contributed by atoms with Gasteiger partial charge in [0.1, 0.15) is 4.90 Å². The Labute approximate surface area is 123 Å². The molecule has 0 saturated carbocycles. The van der Waals surface area contributed by atoms with Crippen molar-refractivity contribution >= 4 is 27.0 Å². The highest BCUT2D eigenvalue weighted by Gasteiger charge is 2.19. The normalized spacial score (nSPS) is 11.5. The molecule has 2 aromatic rings. The Morgan fingerprint density at radius 3 is 2.45 bits per heavy atom. The first-order chi connectivity index (χ1) is 9.56. The average molecular weight is 310 g/mol. The average Bonchev–Trinajstić information content (AvgIpc) is 2.89. The van der Waals surface area contributed by atoms with Crippen LogP contribution in [0.3, 0.4) is 0 Å². The van der Waals surface area contributed by atoms with E-state index in [0.29, 0.717) is 17.1 Å². The van der Waals surface area contributed by atoms with Gasteiger partial charge in [0.2, 0.25) is 0 Å². The van der Waals surface area contributed by atoms with Gasteiger partial charge in [-0.3, -0.25) is 4.72 Å². The summed E-state index contributed by atoms with van der Waals surface area (Å²) in [6, 6.07) is 9.08. The third-order valence-electron chi connectivity index (χ3n) is 2.95. The molecule has 0 aliphatic heterocycles. The molecule has 108 valence electrons. The van der Waals surface area contributed by atoms with Crippen LogP contribution in [0.15, 0.2) is 40.6 Å². The van der Waals surface area contributed by atoms with Gasteiger partial charge in [-0.25, -0.2) is 8.42 Å². The molecular formula is C14H18N2O2S2. The van der Waals surface area contributed by atoms with Crippen molar-refractivity contribution in [1.82, 2.24) is 5.32 Å². The molecule has 4 nitrogen and oxygen atoms in total. The first-order valence-corrected chi connectivity index (χ1v) is 8.76. The summed E-state index contributed by atoms with van der Waals surface area (Å²) in [5, 5.41) is 4.77. The van der Waals surface area contributed by atoms with Crippen molar-refractivity contribution in [3.05, 3.63) is 46.2 Å². The van der Waals surface area contributed by atoms with Gasteiger partial charge in [0.15, 0.2) is 0 Å². The zero-order chi connectivity index (χ0) is 14.6. The fourth-order valence-corrected chi connectivity index (χ4v) is 4.39. The number of benzene rings is 1. The Hall–Kier alpha value is -1.37. The molecule has 0 fully saturated rings. The van der Waals surface area contributed by atoms with Crippen LogP contribution < -0.4 is 10.0 Å². The summed E-state index contributed by atoms with van der Waals surface area (Å²) in [6.45, 7) is 2.61. The highest BCUT2D eigenvalue weighted by molar-refractivity contribution is 7.93. The van der Waals surface area contributed by atoms with E-state index < -0.39 is 10.0 Å². The number of rotatable bonds is 6. The molecule has 0 aliphatic rings. The third kappa shape index (κ3) is 3.39. The molecule has 0 bridgehead atoms. The predicted molar refractivity (Wildman–Crippen MR) is 83.7 cm³/mol. The number of thiophene rings is 1. The fraction of sp³-hybridized carbons (Fsp3) is 0.286. The van der Waals surface area contributed by atoms with Crippen LogP contribution in [0.25, 0.3) is 0 Å². The molecule has 0 atom stereocenters. The summed E-state index contributed by atoms with van der Waals surface area (Å²) in [5.74, 6) is 0. The summed E-state index contributed by atoms with van der Waals surface area (Å²) in [7, 11) is -1.72. The van der Waals surface area contributed by atoms with E-state index in [2.05, 4.69) is 17.0 Å². The van der Waals surface area contributed by atoms with E-state index in [4.69, 9.17) is 0 Å². The van der Waals surface area contributed by atoms with Crippen LogP contribution in [0, 0.1) is 0 Å². The fourth-order valence-electron chi connectivity index (χ4n) is 1.88.